The Balaban J connectivity index is 1.80. The van der Waals surface area contributed by atoms with Gasteiger partial charge >= 0.3 is 5.51 Å². The maximum Gasteiger partial charge on any atom is 0.461 e. The molecular weight excluding hydrogens is 459 g/mol. The van der Waals surface area contributed by atoms with Gasteiger partial charge in [0.1, 0.15) is 5.01 Å². The number of aryl methyl sites for hydroxylation is 1. The standard InChI is InChI=1S/C18H15BrF3N3S2/c1-2-3-13-8-12(6-7-23-13)17-24-16(10-26-17)11-4-5-15(14(19)9-11)25-27-18(20,21)22/h4-10,25H,2-3H2,1H3. The number of alkyl halides is 3. The summed E-state index contributed by atoms with van der Waals surface area (Å²) in [5, 5.41) is 2.82. The number of hydrogen-bond donors (Lipinski definition) is 1. The molecule has 1 N–H and O–H groups in total. The van der Waals surface area contributed by atoms with E-state index in [0.717, 1.165) is 40.4 Å². The topological polar surface area (TPSA) is 37.8 Å². The average Bonchev–Trinajstić information content (AvgIpc) is 3.10. The molecule has 0 unspecified atom stereocenters. The SMILES string of the molecule is CCCc1cc(-c2nc(-c3ccc(NSC(F)(F)F)c(Br)c3)cs2)ccn1. The van der Waals surface area contributed by atoms with Crippen molar-refractivity contribution in [2.24, 2.45) is 0 Å². The fourth-order valence-corrected chi connectivity index (χ4v) is 4.25. The molecule has 0 amide bonds. The average molecular weight is 474 g/mol. The summed E-state index contributed by atoms with van der Waals surface area (Å²) in [6, 6.07) is 9.08. The van der Waals surface area contributed by atoms with Crippen molar-refractivity contribution in [2.75, 3.05) is 4.72 Å². The second-order valence-corrected chi connectivity index (χ2v) is 8.25. The van der Waals surface area contributed by atoms with E-state index in [2.05, 4.69) is 37.5 Å². The summed E-state index contributed by atoms with van der Waals surface area (Å²) in [6.07, 6.45) is 3.74. The Hall–Kier alpha value is -1.58. The molecule has 2 heterocycles. The summed E-state index contributed by atoms with van der Waals surface area (Å²) in [6.45, 7) is 2.11. The van der Waals surface area contributed by atoms with Crippen molar-refractivity contribution in [2.45, 2.75) is 25.3 Å². The number of nitrogens with zero attached hydrogens (tertiary/aromatic N) is 2. The Bertz CT molecular complexity index is 928. The second kappa shape index (κ2) is 8.62. The van der Waals surface area contributed by atoms with Gasteiger partial charge in [0.25, 0.3) is 0 Å². The van der Waals surface area contributed by atoms with Crippen molar-refractivity contribution in [1.82, 2.24) is 9.97 Å². The van der Waals surface area contributed by atoms with E-state index in [4.69, 9.17) is 0 Å². The zero-order valence-corrected chi connectivity index (χ0v) is 17.4. The van der Waals surface area contributed by atoms with Crippen molar-refractivity contribution in [1.29, 1.82) is 0 Å². The third-order valence-electron chi connectivity index (χ3n) is 3.62. The number of anilines is 1. The van der Waals surface area contributed by atoms with Crippen molar-refractivity contribution in [3.8, 4) is 21.8 Å². The summed E-state index contributed by atoms with van der Waals surface area (Å²) >= 11 is 4.55. The Labute approximate surface area is 171 Å². The van der Waals surface area contributed by atoms with Crippen LogP contribution in [0, 0.1) is 0 Å². The van der Waals surface area contributed by atoms with E-state index in [-0.39, 0.29) is 11.9 Å². The molecule has 0 saturated heterocycles. The molecule has 0 atom stereocenters. The third-order valence-corrected chi connectivity index (χ3v) is 5.72. The third kappa shape index (κ3) is 5.46. The lowest BCUT2D eigenvalue weighted by Gasteiger charge is -2.10. The summed E-state index contributed by atoms with van der Waals surface area (Å²) in [5.41, 5.74) is -0.330. The van der Waals surface area contributed by atoms with E-state index in [9.17, 15) is 13.2 Å². The predicted molar refractivity (Wildman–Crippen MR) is 110 cm³/mol. The van der Waals surface area contributed by atoms with E-state index in [1.807, 2.05) is 17.5 Å². The van der Waals surface area contributed by atoms with Gasteiger partial charge in [-0.05, 0) is 46.6 Å². The van der Waals surface area contributed by atoms with Crippen LogP contribution in [0.25, 0.3) is 21.8 Å². The van der Waals surface area contributed by atoms with E-state index in [0.29, 0.717) is 10.2 Å². The Morgan fingerprint density at radius 3 is 2.70 bits per heavy atom. The van der Waals surface area contributed by atoms with Gasteiger partial charge in [0, 0.05) is 32.9 Å². The minimum absolute atomic E-state index is 0.290. The monoisotopic (exact) mass is 473 g/mol. The molecule has 3 aromatic rings. The van der Waals surface area contributed by atoms with E-state index in [1.54, 1.807) is 24.4 Å². The molecule has 0 aliphatic carbocycles. The number of pyridine rings is 1. The summed E-state index contributed by atoms with van der Waals surface area (Å²) in [7, 11) is 0. The first-order chi connectivity index (χ1) is 12.9. The van der Waals surface area contributed by atoms with Gasteiger partial charge in [0.2, 0.25) is 0 Å². The van der Waals surface area contributed by atoms with Gasteiger partial charge in [-0.25, -0.2) is 4.98 Å². The molecule has 0 bridgehead atoms. The molecule has 0 radical (unpaired) electrons. The number of nitrogens with one attached hydrogen (secondary N) is 1. The molecule has 9 heteroatoms. The van der Waals surface area contributed by atoms with Gasteiger partial charge in [-0.1, -0.05) is 19.4 Å². The summed E-state index contributed by atoms with van der Waals surface area (Å²) in [5.74, 6) is 0. The highest BCUT2D eigenvalue weighted by molar-refractivity contribution is 9.10. The molecular formula is C18H15BrF3N3S2. The highest BCUT2D eigenvalue weighted by atomic mass is 79.9. The molecule has 0 fully saturated rings. The lowest BCUT2D eigenvalue weighted by atomic mass is 10.1. The smallest absolute Gasteiger partial charge is 0.322 e. The van der Waals surface area contributed by atoms with Crippen LogP contribution >= 0.6 is 39.2 Å². The van der Waals surface area contributed by atoms with Gasteiger partial charge in [0.15, 0.2) is 0 Å². The maximum atomic E-state index is 12.3. The number of benzene rings is 1. The van der Waals surface area contributed by atoms with Crippen molar-refractivity contribution < 1.29 is 13.2 Å². The van der Waals surface area contributed by atoms with Gasteiger partial charge in [-0.15, -0.1) is 11.3 Å². The molecule has 0 spiro atoms. The van der Waals surface area contributed by atoms with Crippen LogP contribution in [0.15, 0.2) is 46.4 Å². The Morgan fingerprint density at radius 1 is 1.19 bits per heavy atom. The molecule has 27 heavy (non-hydrogen) atoms. The van der Waals surface area contributed by atoms with Crippen molar-refractivity contribution >= 4 is 44.9 Å². The first-order valence-electron chi connectivity index (χ1n) is 8.07. The molecule has 2 aromatic heterocycles. The summed E-state index contributed by atoms with van der Waals surface area (Å²) in [4.78, 5) is 9.03. The zero-order valence-electron chi connectivity index (χ0n) is 14.2. The Morgan fingerprint density at radius 2 is 2.00 bits per heavy atom. The van der Waals surface area contributed by atoms with E-state index in [1.165, 1.54) is 11.3 Å². The fourth-order valence-electron chi connectivity index (χ4n) is 2.41. The quantitative estimate of drug-likeness (QED) is 0.385. The first kappa shape index (κ1) is 20.2. The van der Waals surface area contributed by atoms with Gasteiger partial charge in [-0.2, -0.15) is 13.2 Å². The first-order valence-corrected chi connectivity index (χ1v) is 10.6. The molecule has 0 saturated carbocycles. The fraction of sp³-hybridized carbons (Fsp3) is 0.222. The largest absolute Gasteiger partial charge is 0.461 e. The van der Waals surface area contributed by atoms with Crippen LogP contribution < -0.4 is 4.72 Å². The molecule has 3 rings (SSSR count). The molecule has 0 aliphatic heterocycles. The van der Waals surface area contributed by atoms with E-state index >= 15 is 0 Å². The number of rotatable bonds is 6. The number of halogens is 4. The summed E-state index contributed by atoms with van der Waals surface area (Å²) < 4.78 is 39.8. The normalized spacial score (nSPS) is 11.6. The minimum atomic E-state index is -4.34. The van der Waals surface area contributed by atoms with Gasteiger partial charge in [-0.3, -0.25) is 4.98 Å². The van der Waals surface area contributed by atoms with Crippen LogP contribution in [-0.2, 0) is 6.42 Å². The number of aromatic nitrogens is 2. The van der Waals surface area contributed by atoms with Crippen molar-refractivity contribution in [3.05, 3.63) is 52.1 Å². The van der Waals surface area contributed by atoms with Crippen LogP contribution in [0.5, 0.6) is 0 Å². The van der Waals surface area contributed by atoms with Crippen LogP contribution in [0.4, 0.5) is 18.9 Å². The maximum absolute atomic E-state index is 12.3. The number of hydrogen-bond acceptors (Lipinski definition) is 5. The highest BCUT2D eigenvalue weighted by Crippen LogP contribution is 2.36. The highest BCUT2D eigenvalue weighted by Gasteiger charge is 2.29. The lowest BCUT2D eigenvalue weighted by molar-refractivity contribution is -0.0323. The van der Waals surface area contributed by atoms with Crippen LogP contribution in [0.2, 0.25) is 0 Å². The molecule has 3 nitrogen and oxygen atoms in total. The molecule has 142 valence electrons. The lowest BCUT2D eigenvalue weighted by Crippen LogP contribution is -2.04. The minimum Gasteiger partial charge on any atom is -0.322 e. The predicted octanol–water partition coefficient (Wildman–Crippen LogP) is 7.17. The van der Waals surface area contributed by atoms with E-state index < -0.39 is 5.51 Å². The zero-order chi connectivity index (χ0) is 19.4. The second-order valence-electron chi connectivity index (χ2n) is 5.67. The van der Waals surface area contributed by atoms with Crippen LogP contribution in [0.1, 0.15) is 19.0 Å². The van der Waals surface area contributed by atoms with Crippen molar-refractivity contribution in [3.63, 3.8) is 0 Å². The molecule has 0 aliphatic rings. The van der Waals surface area contributed by atoms with Gasteiger partial charge < -0.3 is 4.72 Å². The van der Waals surface area contributed by atoms with Crippen LogP contribution in [0.3, 0.4) is 0 Å². The van der Waals surface area contributed by atoms with Gasteiger partial charge in [0.05, 0.1) is 23.3 Å². The van der Waals surface area contributed by atoms with Crippen LogP contribution in [-0.4, -0.2) is 15.5 Å². The Kier molecular flexibility index (Phi) is 6.44. The molecule has 1 aromatic carbocycles. The number of thiazole rings is 1.